The summed E-state index contributed by atoms with van der Waals surface area (Å²) in [6.07, 6.45) is 10.1. The van der Waals surface area contributed by atoms with Crippen LogP contribution in [0.15, 0.2) is 20.8 Å². The van der Waals surface area contributed by atoms with Crippen molar-refractivity contribution in [3.05, 3.63) is 30.9 Å². The molecule has 1 unspecified atom stereocenters. The summed E-state index contributed by atoms with van der Waals surface area (Å²) in [5.41, 5.74) is 0.361. The van der Waals surface area contributed by atoms with Crippen molar-refractivity contribution >= 4 is 43.8 Å². The highest BCUT2D eigenvalue weighted by Gasteiger charge is 2.31. The molecule has 0 aromatic carbocycles. The van der Waals surface area contributed by atoms with E-state index in [-0.39, 0.29) is 12.6 Å². The second kappa shape index (κ2) is 15.4. The molecule has 10 heteroatoms. The third-order valence-electron chi connectivity index (χ3n) is 4.55. The van der Waals surface area contributed by atoms with Gasteiger partial charge in [0.25, 0.3) is 5.09 Å². The maximum absolute atomic E-state index is 12.2. The van der Waals surface area contributed by atoms with Crippen molar-refractivity contribution in [3.8, 4) is 0 Å². The first-order valence-corrected chi connectivity index (χ1v) is 11.9. The van der Waals surface area contributed by atoms with Gasteiger partial charge < -0.3 is 14.3 Å². The standard InChI is InChI=1S/C20H29Br2NO7/c1-2-11-16(15-14-17(19(21)22)30-20(15)25)29-18(24)12-9-7-5-3-4-6-8-10-13-28-23(26)27/h14,16H,2-13H2,1H3. The lowest BCUT2D eigenvalue weighted by atomic mass is 10.1. The highest BCUT2D eigenvalue weighted by molar-refractivity contribution is 9.28. The maximum Gasteiger partial charge on any atom is 0.343 e. The van der Waals surface area contributed by atoms with Gasteiger partial charge in [0, 0.05) is 6.42 Å². The molecule has 30 heavy (non-hydrogen) atoms. The van der Waals surface area contributed by atoms with E-state index in [1.807, 2.05) is 6.92 Å². The number of hydrogen-bond donors (Lipinski definition) is 0. The predicted octanol–water partition coefficient (Wildman–Crippen LogP) is 5.86. The van der Waals surface area contributed by atoms with Gasteiger partial charge in [-0.15, -0.1) is 10.1 Å². The average molecular weight is 555 g/mol. The second-order valence-electron chi connectivity index (χ2n) is 7.02. The van der Waals surface area contributed by atoms with Gasteiger partial charge in [-0.05, 0) is 57.2 Å². The number of halogens is 2. The Morgan fingerprint density at radius 2 is 1.73 bits per heavy atom. The van der Waals surface area contributed by atoms with Gasteiger partial charge in [-0.2, -0.15) is 0 Å². The first kappa shape index (κ1) is 26.6. The minimum atomic E-state index is -0.761. The number of unbranched alkanes of at least 4 members (excludes halogenated alkanes) is 7. The Balaban J connectivity index is 2.20. The fourth-order valence-corrected chi connectivity index (χ4v) is 3.43. The van der Waals surface area contributed by atoms with Gasteiger partial charge >= 0.3 is 11.9 Å². The van der Waals surface area contributed by atoms with Crippen molar-refractivity contribution in [2.75, 3.05) is 6.61 Å². The van der Waals surface area contributed by atoms with Gasteiger partial charge in [-0.25, -0.2) is 4.79 Å². The molecule has 0 N–H and O–H groups in total. The van der Waals surface area contributed by atoms with Gasteiger partial charge in [0.1, 0.15) is 9.50 Å². The van der Waals surface area contributed by atoms with Crippen molar-refractivity contribution in [2.45, 2.75) is 83.7 Å². The molecular formula is C20H29Br2NO7. The molecule has 1 aliphatic heterocycles. The van der Waals surface area contributed by atoms with E-state index >= 15 is 0 Å². The number of hydrogen-bond acceptors (Lipinski definition) is 7. The number of cyclic esters (lactones) is 1. The molecule has 0 fully saturated rings. The summed E-state index contributed by atoms with van der Waals surface area (Å²) in [4.78, 5) is 38.5. The molecule has 0 aromatic rings. The minimum absolute atomic E-state index is 0.160. The zero-order valence-electron chi connectivity index (χ0n) is 17.2. The fourth-order valence-electron chi connectivity index (χ4n) is 3.03. The van der Waals surface area contributed by atoms with Crippen LogP contribution in [0.1, 0.15) is 77.6 Å². The largest absolute Gasteiger partial charge is 0.457 e. The SMILES string of the molecule is CCCC(OC(=O)CCCCCCCCCCO[N+](=O)[O-])C1=CC(=C(Br)Br)OC1=O. The van der Waals surface area contributed by atoms with Crippen LogP contribution < -0.4 is 0 Å². The molecule has 1 atom stereocenters. The van der Waals surface area contributed by atoms with E-state index in [0.29, 0.717) is 34.0 Å². The van der Waals surface area contributed by atoms with Crippen LogP contribution in [0.5, 0.6) is 0 Å². The molecule has 1 heterocycles. The summed E-state index contributed by atoms with van der Waals surface area (Å²) < 4.78 is 11.2. The van der Waals surface area contributed by atoms with Crippen LogP contribution in [0, 0.1) is 10.1 Å². The molecule has 0 saturated carbocycles. The summed E-state index contributed by atoms with van der Waals surface area (Å²) in [6, 6.07) is 0. The summed E-state index contributed by atoms with van der Waals surface area (Å²) in [5.74, 6) is -0.418. The molecule has 0 aromatic heterocycles. The smallest absolute Gasteiger partial charge is 0.343 e. The van der Waals surface area contributed by atoms with E-state index in [4.69, 9.17) is 9.47 Å². The maximum atomic E-state index is 12.2. The van der Waals surface area contributed by atoms with E-state index in [9.17, 15) is 19.7 Å². The first-order valence-electron chi connectivity index (χ1n) is 10.3. The van der Waals surface area contributed by atoms with Crippen LogP contribution in [0.25, 0.3) is 0 Å². The molecule has 1 rings (SSSR count). The van der Waals surface area contributed by atoms with Crippen LogP contribution in [0.2, 0.25) is 0 Å². The Morgan fingerprint density at radius 1 is 1.13 bits per heavy atom. The summed E-state index contributed by atoms with van der Waals surface area (Å²) in [7, 11) is 0. The average Bonchev–Trinajstić information content (AvgIpc) is 3.07. The van der Waals surface area contributed by atoms with Crippen molar-refractivity contribution in [1.82, 2.24) is 0 Å². The summed E-state index contributed by atoms with van der Waals surface area (Å²) >= 11 is 6.42. The second-order valence-corrected chi connectivity index (χ2v) is 9.67. The number of ether oxygens (including phenoxy) is 2. The molecule has 0 aliphatic carbocycles. The lowest BCUT2D eigenvalue weighted by Crippen LogP contribution is -2.23. The van der Waals surface area contributed by atoms with E-state index in [1.165, 1.54) is 0 Å². The van der Waals surface area contributed by atoms with E-state index < -0.39 is 17.2 Å². The molecule has 170 valence electrons. The van der Waals surface area contributed by atoms with Gasteiger partial charge in [0.05, 0.1) is 12.2 Å². The molecule has 0 spiro atoms. The third-order valence-corrected chi connectivity index (χ3v) is 5.34. The predicted molar refractivity (Wildman–Crippen MR) is 118 cm³/mol. The number of allylic oxidation sites excluding steroid dienone is 1. The Kier molecular flexibility index (Phi) is 13.7. The molecule has 0 bridgehead atoms. The molecular weight excluding hydrogens is 526 g/mol. The topological polar surface area (TPSA) is 105 Å². The lowest BCUT2D eigenvalue weighted by molar-refractivity contribution is -0.757. The quantitative estimate of drug-likeness (QED) is 0.102. The van der Waals surface area contributed by atoms with Gasteiger partial charge in [-0.1, -0.05) is 51.9 Å². The Bertz CT molecular complexity index is 645. The van der Waals surface area contributed by atoms with Crippen molar-refractivity contribution in [1.29, 1.82) is 0 Å². The van der Waals surface area contributed by atoms with Gasteiger partial charge in [0.15, 0.2) is 5.76 Å². The molecule has 1 aliphatic rings. The van der Waals surface area contributed by atoms with Gasteiger partial charge in [0.2, 0.25) is 0 Å². The zero-order chi connectivity index (χ0) is 22.4. The first-order chi connectivity index (χ1) is 14.3. The number of rotatable bonds is 16. The van der Waals surface area contributed by atoms with Crippen molar-refractivity contribution in [2.24, 2.45) is 0 Å². The van der Waals surface area contributed by atoms with E-state index in [2.05, 4.69) is 36.7 Å². The van der Waals surface area contributed by atoms with Gasteiger partial charge in [-0.3, -0.25) is 4.79 Å². The van der Waals surface area contributed by atoms with E-state index in [1.54, 1.807) is 6.08 Å². The van der Waals surface area contributed by atoms with Crippen LogP contribution >= 0.6 is 31.9 Å². The number of carbonyl (C=O) groups excluding carboxylic acids is 2. The number of carbonyl (C=O) groups is 2. The minimum Gasteiger partial charge on any atom is -0.457 e. The van der Waals surface area contributed by atoms with Crippen LogP contribution in [-0.4, -0.2) is 29.7 Å². The summed E-state index contributed by atoms with van der Waals surface area (Å²) in [5, 5.41) is 9.25. The van der Waals surface area contributed by atoms with Crippen molar-refractivity contribution in [3.63, 3.8) is 0 Å². The Hall–Kier alpha value is -1.42. The molecule has 0 saturated heterocycles. The molecule has 0 radical (unpaired) electrons. The normalized spacial score (nSPS) is 14.2. The fraction of sp³-hybridized carbons (Fsp3) is 0.700. The highest BCUT2D eigenvalue weighted by atomic mass is 79.9. The Morgan fingerprint density at radius 3 is 2.27 bits per heavy atom. The monoisotopic (exact) mass is 553 g/mol. The lowest BCUT2D eigenvalue weighted by Gasteiger charge is -2.16. The molecule has 8 nitrogen and oxygen atoms in total. The molecule has 0 amide bonds. The van der Waals surface area contributed by atoms with Crippen molar-refractivity contribution < 1.29 is 29.0 Å². The highest BCUT2D eigenvalue weighted by Crippen LogP contribution is 2.30. The number of nitrogens with zero attached hydrogens (tertiary/aromatic N) is 1. The van der Waals surface area contributed by atoms with Crippen LogP contribution in [0.3, 0.4) is 0 Å². The number of esters is 2. The van der Waals surface area contributed by atoms with E-state index in [0.717, 1.165) is 51.4 Å². The Labute approximate surface area is 193 Å². The summed E-state index contributed by atoms with van der Waals surface area (Å²) in [6.45, 7) is 2.13. The van der Waals surface area contributed by atoms with Crippen LogP contribution in [-0.2, 0) is 23.9 Å². The van der Waals surface area contributed by atoms with Crippen LogP contribution in [0.4, 0.5) is 0 Å². The third kappa shape index (κ3) is 11.1. The zero-order valence-corrected chi connectivity index (χ0v) is 20.4.